The zero-order valence-corrected chi connectivity index (χ0v) is 16.4. The van der Waals surface area contributed by atoms with Gasteiger partial charge in [0.2, 0.25) is 0 Å². The van der Waals surface area contributed by atoms with E-state index >= 15 is 0 Å². The van der Waals surface area contributed by atoms with Gasteiger partial charge in [-0.25, -0.2) is 4.79 Å². The van der Waals surface area contributed by atoms with Crippen molar-refractivity contribution in [1.29, 1.82) is 0 Å². The van der Waals surface area contributed by atoms with Gasteiger partial charge in [-0.1, -0.05) is 50.3 Å². The molecule has 1 heterocycles. The monoisotopic (exact) mass is 382 g/mol. The van der Waals surface area contributed by atoms with Crippen molar-refractivity contribution >= 4 is 17.4 Å². The zero-order valence-electron chi connectivity index (χ0n) is 16.4. The molecular weight excluding hydrogens is 356 g/mol. The standard InChI is InChI=1S/C22H26N2O4/c1-14(2)11-24-12-16-10-19(26)17(13-25)9-18(16)20(15-7-5-4-6-8-15)21(24)23(3)22(27)28/h4-9,12,14,17,25H,10-11,13H2,1-3H3,(H,27,28). The summed E-state index contributed by atoms with van der Waals surface area (Å²) in [4.78, 5) is 27.4. The maximum atomic E-state index is 12.4. The minimum absolute atomic E-state index is 0.0237. The van der Waals surface area contributed by atoms with Crippen LogP contribution in [0.15, 0.2) is 59.6 Å². The van der Waals surface area contributed by atoms with Crippen molar-refractivity contribution in [2.24, 2.45) is 11.8 Å². The van der Waals surface area contributed by atoms with Crippen molar-refractivity contribution in [2.75, 3.05) is 20.2 Å². The normalized spacial score (nSPS) is 19.4. The molecule has 0 fully saturated rings. The van der Waals surface area contributed by atoms with Crippen LogP contribution in [0.3, 0.4) is 0 Å². The van der Waals surface area contributed by atoms with E-state index in [1.165, 1.54) is 11.9 Å². The molecule has 2 aliphatic rings. The van der Waals surface area contributed by atoms with E-state index in [2.05, 4.69) is 13.8 Å². The number of ketones is 1. The van der Waals surface area contributed by atoms with Crippen molar-refractivity contribution in [1.82, 2.24) is 9.80 Å². The Morgan fingerprint density at radius 3 is 2.54 bits per heavy atom. The number of aliphatic hydroxyl groups is 1. The average Bonchev–Trinajstić information content (AvgIpc) is 2.66. The molecule has 0 bridgehead atoms. The van der Waals surface area contributed by atoms with E-state index < -0.39 is 12.0 Å². The lowest BCUT2D eigenvalue weighted by Gasteiger charge is -2.39. The number of nitrogens with zero attached hydrogens (tertiary/aromatic N) is 2. The third-order valence-electron chi connectivity index (χ3n) is 4.99. The molecule has 0 saturated heterocycles. The average molecular weight is 382 g/mol. The van der Waals surface area contributed by atoms with E-state index in [1.807, 2.05) is 41.4 Å². The number of aliphatic hydroxyl groups excluding tert-OH is 1. The number of amides is 1. The minimum atomic E-state index is -1.06. The SMILES string of the molecule is CC(C)CN1C=C2CC(=O)C(CO)C=C2C(c2ccccc2)=C1N(C)C(=O)O. The first kappa shape index (κ1) is 19.9. The van der Waals surface area contributed by atoms with Crippen LogP contribution < -0.4 is 0 Å². The van der Waals surface area contributed by atoms with E-state index in [1.54, 1.807) is 6.08 Å². The van der Waals surface area contributed by atoms with Gasteiger partial charge in [0.1, 0.15) is 11.6 Å². The van der Waals surface area contributed by atoms with Crippen molar-refractivity contribution in [2.45, 2.75) is 20.3 Å². The summed E-state index contributed by atoms with van der Waals surface area (Å²) in [5.74, 6) is 0.262. The van der Waals surface area contributed by atoms with Crippen LogP contribution in [0.25, 0.3) is 5.57 Å². The molecule has 2 N–H and O–H groups in total. The van der Waals surface area contributed by atoms with E-state index in [9.17, 15) is 19.8 Å². The number of hydrogen-bond acceptors (Lipinski definition) is 4. The predicted molar refractivity (Wildman–Crippen MR) is 107 cm³/mol. The number of allylic oxidation sites excluding steroid dienone is 3. The first-order chi connectivity index (χ1) is 13.3. The third kappa shape index (κ3) is 3.73. The van der Waals surface area contributed by atoms with Gasteiger partial charge in [0.25, 0.3) is 0 Å². The molecule has 1 aliphatic carbocycles. The Bertz CT molecular complexity index is 868. The van der Waals surface area contributed by atoms with E-state index in [4.69, 9.17) is 0 Å². The largest absolute Gasteiger partial charge is 0.465 e. The molecule has 6 nitrogen and oxygen atoms in total. The maximum Gasteiger partial charge on any atom is 0.412 e. The van der Waals surface area contributed by atoms with Crippen LogP contribution in [-0.4, -0.2) is 52.1 Å². The molecule has 1 atom stereocenters. The van der Waals surface area contributed by atoms with Crippen molar-refractivity contribution < 1.29 is 19.8 Å². The molecule has 0 spiro atoms. The summed E-state index contributed by atoms with van der Waals surface area (Å²) < 4.78 is 0. The number of hydrogen-bond donors (Lipinski definition) is 2. The topological polar surface area (TPSA) is 81.1 Å². The summed E-state index contributed by atoms with van der Waals surface area (Å²) in [5.41, 5.74) is 3.33. The summed E-state index contributed by atoms with van der Waals surface area (Å²) in [6.45, 7) is 4.51. The van der Waals surface area contributed by atoms with Crippen LogP contribution >= 0.6 is 0 Å². The Morgan fingerprint density at radius 2 is 1.96 bits per heavy atom. The molecule has 1 unspecified atom stereocenters. The van der Waals surface area contributed by atoms with Gasteiger partial charge in [0.05, 0.1) is 12.5 Å². The molecule has 0 radical (unpaired) electrons. The lowest BCUT2D eigenvalue weighted by molar-refractivity contribution is -0.122. The molecule has 1 aliphatic heterocycles. The Balaban J connectivity index is 2.29. The molecule has 1 aromatic rings. The van der Waals surface area contributed by atoms with Gasteiger partial charge >= 0.3 is 6.09 Å². The van der Waals surface area contributed by atoms with Gasteiger partial charge in [-0.05, 0) is 22.6 Å². The van der Waals surface area contributed by atoms with Gasteiger partial charge < -0.3 is 15.1 Å². The lowest BCUT2D eigenvalue weighted by atomic mass is 9.79. The molecule has 148 valence electrons. The van der Waals surface area contributed by atoms with E-state index in [0.717, 1.165) is 22.3 Å². The van der Waals surface area contributed by atoms with E-state index in [-0.39, 0.29) is 18.8 Å². The number of carboxylic acid groups (broad SMARTS) is 1. The zero-order chi connectivity index (χ0) is 20.4. The Morgan fingerprint density at radius 1 is 1.29 bits per heavy atom. The molecule has 28 heavy (non-hydrogen) atoms. The second-order valence-corrected chi connectivity index (χ2v) is 7.62. The first-order valence-corrected chi connectivity index (χ1v) is 9.43. The fraction of sp³-hybridized carbons (Fsp3) is 0.364. The van der Waals surface area contributed by atoms with Gasteiger partial charge in [0.15, 0.2) is 0 Å². The van der Waals surface area contributed by atoms with Crippen molar-refractivity contribution in [3.63, 3.8) is 0 Å². The van der Waals surface area contributed by atoms with Gasteiger partial charge in [0, 0.05) is 31.8 Å². The van der Waals surface area contributed by atoms with Gasteiger partial charge in [-0.15, -0.1) is 0 Å². The first-order valence-electron chi connectivity index (χ1n) is 9.43. The van der Waals surface area contributed by atoms with Crippen LogP contribution in [0.2, 0.25) is 0 Å². The highest BCUT2D eigenvalue weighted by molar-refractivity contribution is 5.96. The maximum absolute atomic E-state index is 12.4. The number of carbonyl (C=O) groups excluding carboxylic acids is 1. The van der Waals surface area contributed by atoms with Crippen LogP contribution in [0.1, 0.15) is 25.8 Å². The second-order valence-electron chi connectivity index (χ2n) is 7.62. The molecule has 0 saturated carbocycles. The second kappa shape index (κ2) is 8.02. The summed E-state index contributed by atoms with van der Waals surface area (Å²) in [5, 5.41) is 19.3. The number of rotatable bonds is 5. The quantitative estimate of drug-likeness (QED) is 0.816. The van der Waals surface area contributed by atoms with Gasteiger partial charge in [-0.3, -0.25) is 9.69 Å². The highest BCUT2D eigenvalue weighted by Crippen LogP contribution is 2.42. The summed E-state index contributed by atoms with van der Waals surface area (Å²) >= 11 is 0. The Kier molecular flexibility index (Phi) is 5.70. The highest BCUT2D eigenvalue weighted by Gasteiger charge is 2.35. The molecule has 1 aromatic carbocycles. The number of carbonyl (C=O) groups is 2. The predicted octanol–water partition coefficient (Wildman–Crippen LogP) is 3.33. The lowest BCUT2D eigenvalue weighted by Crippen LogP contribution is -2.39. The number of Topliss-reactive ketones (excluding diaryl/α,β-unsaturated/α-hetero) is 1. The smallest absolute Gasteiger partial charge is 0.412 e. The summed E-state index contributed by atoms with van der Waals surface area (Å²) in [6, 6.07) is 9.60. The molecule has 3 rings (SSSR count). The van der Waals surface area contributed by atoms with Crippen molar-refractivity contribution in [3.8, 4) is 0 Å². The number of benzene rings is 1. The molecule has 6 heteroatoms. The van der Waals surface area contributed by atoms with Crippen LogP contribution in [0, 0.1) is 11.8 Å². The fourth-order valence-electron chi connectivity index (χ4n) is 3.72. The molecule has 1 amide bonds. The third-order valence-corrected chi connectivity index (χ3v) is 4.99. The highest BCUT2D eigenvalue weighted by atomic mass is 16.4. The van der Waals surface area contributed by atoms with Crippen LogP contribution in [0.4, 0.5) is 4.79 Å². The van der Waals surface area contributed by atoms with Gasteiger partial charge in [-0.2, -0.15) is 0 Å². The Labute approximate surface area is 165 Å². The molecular formula is C22H26N2O4. The van der Waals surface area contributed by atoms with Crippen LogP contribution in [0.5, 0.6) is 0 Å². The minimum Gasteiger partial charge on any atom is -0.465 e. The summed E-state index contributed by atoms with van der Waals surface area (Å²) in [6.07, 6.45) is 2.84. The van der Waals surface area contributed by atoms with Crippen molar-refractivity contribution in [3.05, 3.63) is 65.1 Å². The molecule has 0 aromatic heterocycles. The summed E-state index contributed by atoms with van der Waals surface area (Å²) in [7, 11) is 1.53. The van der Waals surface area contributed by atoms with E-state index in [0.29, 0.717) is 18.3 Å². The van der Waals surface area contributed by atoms with Crippen LogP contribution in [-0.2, 0) is 4.79 Å². The fourth-order valence-corrected chi connectivity index (χ4v) is 3.72. The number of fused-ring (bicyclic) bond motifs is 1. The Hall–Kier alpha value is -2.86.